The van der Waals surface area contributed by atoms with E-state index in [0.717, 1.165) is 0 Å². The van der Waals surface area contributed by atoms with E-state index >= 15 is 0 Å². The molecule has 0 radical (unpaired) electrons. The molecule has 0 fully saturated rings. The zero-order valence-electron chi connectivity index (χ0n) is 4.22. The molecule has 10 N–H and O–H groups in total. The predicted octanol–water partition coefficient (Wildman–Crippen LogP) is -7.00. The molecule has 0 aliphatic rings. The van der Waals surface area contributed by atoms with E-state index in [9.17, 15) is 0 Å². The Bertz CT molecular complexity index is 27.5. The second-order valence-corrected chi connectivity index (χ2v) is 0.750. The lowest BCUT2D eigenvalue weighted by Gasteiger charge is -1.94. The second-order valence-electron chi connectivity index (χ2n) is 0.250. The lowest BCUT2D eigenvalue weighted by atomic mass is 15.8. The summed E-state index contributed by atoms with van der Waals surface area (Å²) in [5.74, 6) is 0. The van der Waals surface area contributed by atoms with E-state index in [0.29, 0.717) is 0 Å². The van der Waals surface area contributed by atoms with Gasteiger partial charge in [-0.3, -0.25) is 0 Å². The Kier molecular flexibility index (Phi) is 460. The van der Waals surface area contributed by atoms with Gasteiger partial charge in [-0.1, -0.05) is 0 Å². The van der Waals surface area contributed by atoms with Gasteiger partial charge in [0.1, 0.15) is 0 Å². The minimum atomic E-state index is -3.63. The molecule has 0 rings (SSSR count). The van der Waals surface area contributed by atoms with E-state index in [4.69, 9.17) is 14.1 Å². The zero-order chi connectivity index (χ0) is 3.58. The normalized spacial score (nSPS) is 2.67. The average Bonchev–Trinajstić information content (AvgIpc) is 0.811. The van der Waals surface area contributed by atoms with Gasteiger partial charge in [-0.05, 0) is 0 Å². The highest BCUT2D eigenvalue weighted by atomic mass is 28.3. The molecule has 0 spiro atoms. The summed E-state index contributed by atoms with van der Waals surface area (Å²) >= 11 is 0. The van der Waals surface area contributed by atoms with E-state index in [2.05, 4.69) is 0 Å². The van der Waals surface area contributed by atoms with E-state index < -0.39 is 9.17 Å². The van der Waals surface area contributed by atoms with E-state index in [-0.39, 0.29) is 27.4 Å². The summed E-state index contributed by atoms with van der Waals surface area (Å²) < 4.78 is 8.52. The van der Waals surface area contributed by atoms with Crippen LogP contribution in [-0.4, -0.2) is 36.6 Å². The van der Waals surface area contributed by atoms with Gasteiger partial charge in [-0.15, -0.1) is 0 Å². The Morgan fingerprint density at radius 3 is 0.778 bits per heavy atom. The molecule has 0 aromatic heterocycles. The number of hydrogen-bond acceptors (Lipinski definition) is 3. The Morgan fingerprint density at radius 1 is 0.778 bits per heavy atom. The van der Waals surface area contributed by atoms with E-state index in [1.54, 1.807) is 0 Å². The first-order valence-electron chi connectivity index (χ1n) is 0.612. The highest BCUT2D eigenvalue weighted by molar-refractivity contribution is 6.17. The quantitative estimate of drug-likeness (QED) is 0.320. The van der Waals surface area contributed by atoms with Gasteiger partial charge in [0.05, 0.1) is 0 Å². The summed E-state index contributed by atoms with van der Waals surface area (Å²) in [6.45, 7) is 0. The van der Waals surface area contributed by atoms with Gasteiger partial charge >= 0.3 is 0 Å². The molecule has 9 heavy (non-hydrogen) atoms. The summed E-state index contributed by atoms with van der Waals surface area (Å²) in [6.07, 6.45) is 0. The molecule has 0 unspecified atom stereocenters. The van der Waals surface area contributed by atoms with Gasteiger partial charge in [0, 0.05) is 9.17 Å². The fourth-order valence-electron chi connectivity index (χ4n) is 0. The van der Waals surface area contributed by atoms with Gasteiger partial charge in [0.2, 0.25) is 0 Å². The molecule has 64 valence electrons. The fraction of sp³-hybridized carbons (Fsp3) is 0. The largest absolute Gasteiger partial charge is 0.672 e. The summed E-state index contributed by atoms with van der Waals surface area (Å²) in [7, 11) is -3.63. The molecule has 0 saturated carbocycles. The first-order chi connectivity index (χ1) is 1.73. The molecular weight excluding hydrogens is 156 g/mol. The molecule has 0 aromatic rings. The van der Waals surface area contributed by atoms with Crippen LogP contribution >= 0.6 is 0 Å². The summed E-state index contributed by atoms with van der Waals surface area (Å²) in [4.78, 5) is 17.0. The maximum Gasteiger partial charge on any atom is 0.0172 e. The number of rotatable bonds is 0. The van der Waals surface area contributed by atoms with Crippen molar-refractivity contribution in [3.05, 3.63) is 0 Å². The Hall–Kier alpha value is -0.583. The van der Waals surface area contributed by atoms with Crippen LogP contribution < -0.4 is 9.59 Å². The topological polar surface area (TPSA) is 221 Å². The van der Waals surface area contributed by atoms with Crippen LogP contribution in [0.1, 0.15) is 0 Å². The minimum Gasteiger partial charge on any atom is -0.672 e. The van der Waals surface area contributed by atoms with Gasteiger partial charge in [-0.2, -0.15) is 0 Å². The zero-order valence-corrected chi connectivity index (χ0v) is 5.22. The lowest BCUT2D eigenvalue weighted by molar-refractivity contribution is -0.354. The standard InChI is InChI=1S/O3Si.5H2O/c1-4(2)3;;;;;/h;5*1H2/q-2;;;;;. The lowest BCUT2D eigenvalue weighted by Crippen LogP contribution is -2.34. The van der Waals surface area contributed by atoms with Gasteiger partial charge < -0.3 is 41.4 Å². The molecular formula is H10O8Si-2. The van der Waals surface area contributed by atoms with Crippen molar-refractivity contribution in [1.29, 1.82) is 0 Å². The van der Waals surface area contributed by atoms with E-state index in [1.807, 2.05) is 0 Å². The minimum absolute atomic E-state index is 0. The van der Waals surface area contributed by atoms with Crippen LogP contribution in [0.2, 0.25) is 0 Å². The molecule has 0 aromatic carbocycles. The van der Waals surface area contributed by atoms with Crippen LogP contribution in [0.5, 0.6) is 0 Å². The SMILES string of the molecule is O.O.O.O.O.O=[Si]([O-])[O-]. The first kappa shape index (κ1) is 79.3. The molecule has 9 heteroatoms. The fourth-order valence-corrected chi connectivity index (χ4v) is 0. The van der Waals surface area contributed by atoms with Crippen molar-refractivity contribution >= 4 is 9.17 Å². The Labute approximate surface area is 51.8 Å². The van der Waals surface area contributed by atoms with Crippen LogP contribution in [-0.2, 0) is 4.46 Å². The molecule has 8 nitrogen and oxygen atoms in total. The van der Waals surface area contributed by atoms with Crippen molar-refractivity contribution in [1.82, 2.24) is 0 Å². The van der Waals surface area contributed by atoms with Gasteiger partial charge in [-0.25, -0.2) is 0 Å². The highest BCUT2D eigenvalue weighted by Crippen LogP contribution is 0.990. The predicted molar refractivity (Wildman–Crippen MR) is 24.5 cm³/mol. The third-order valence-corrected chi connectivity index (χ3v) is 0. The first-order valence-corrected chi connectivity index (χ1v) is 1.84. The molecule has 0 heterocycles. The van der Waals surface area contributed by atoms with Crippen LogP contribution in [0.3, 0.4) is 0 Å². The van der Waals surface area contributed by atoms with Crippen molar-refractivity contribution < 1.29 is 41.4 Å². The number of hydrogen-bond donors (Lipinski definition) is 0. The molecule has 0 saturated heterocycles. The average molecular weight is 166 g/mol. The van der Waals surface area contributed by atoms with Gasteiger partial charge in [0.15, 0.2) is 0 Å². The van der Waals surface area contributed by atoms with Crippen molar-refractivity contribution in [2.45, 2.75) is 0 Å². The van der Waals surface area contributed by atoms with Crippen molar-refractivity contribution in [2.75, 3.05) is 0 Å². The highest BCUT2D eigenvalue weighted by Gasteiger charge is 1.29. The van der Waals surface area contributed by atoms with Crippen LogP contribution in [0.15, 0.2) is 0 Å². The monoisotopic (exact) mass is 166 g/mol. The summed E-state index contributed by atoms with van der Waals surface area (Å²) in [5.41, 5.74) is 0. The van der Waals surface area contributed by atoms with Gasteiger partial charge in [0.25, 0.3) is 0 Å². The van der Waals surface area contributed by atoms with Crippen molar-refractivity contribution in [3.63, 3.8) is 0 Å². The van der Waals surface area contributed by atoms with Crippen molar-refractivity contribution in [2.24, 2.45) is 0 Å². The Balaban J connectivity index is -0.00000000450. The molecule has 0 amide bonds. The van der Waals surface area contributed by atoms with Crippen LogP contribution in [0.25, 0.3) is 0 Å². The molecule has 0 bridgehead atoms. The maximum absolute atomic E-state index is 8.52. The van der Waals surface area contributed by atoms with Crippen LogP contribution in [0, 0.1) is 0 Å². The third kappa shape index (κ3) is 640. The third-order valence-electron chi connectivity index (χ3n) is 0. The smallest absolute Gasteiger partial charge is 0.0172 e. The van der Waals surface area contributed by atoms with Crippen LogP contribution in [0.4, 0.5) is 0 Å². The maximum atomic E-state index is 8.52. The van der Waals surface area contributed by atoms with E-state index in [1.165, 1.54) is 0 Å². The molecule has 0 atom stereocenters. The Morgan fingerprint density at radius 2 is 0.778 bits per heavy atom. The van der Waals surface area contributed by atoms with Crippen molar-refractivity contribution in [3.8, 4) is 0 Å². The summed E-state index contributed by atoms with van der Waals surface area (Å²) in [6, 6.07) is 0. The molecule has 0 aliphatic carbocycles. The molecule has 0 aliphatic heterocycles. The second kappa shape index (κ2) is 52.3. The summed E-state index contributed by atoms with van der Waals surface area (Å²) in [5, 5.41) is 0.